The van der Waals surface area contributed by atoms with Crippen molar-refractivity contribution >= 4 is 51.7 Å². The highest BCUT2D eigenvalue weighted by atomic mass is 32.2. The largest absolute Gasteiger partial charge is 0.467 e. The monoisotopic (exact) mass is 456 g/mol. The van der Waals surface area contributed by atoms with Crippen molar-refractivity contribution in [1.29, 1.82) is 0 Å². The molecule has 4 rings (SSSR count). The number of thioether (sulfide) groups is 1. The van der Waals surface area contributed by atoms with Gasteiger partial charge in [0.2, 0.25) is 0 Å². The molecule has 0 aromatic carbocycles. The van der Waals surface area contributed by atoms with Gasteiger partial charge in [-0.1, -0.05) is 30.0 Å². The van der Waals surface area contributed by atoms with E-state index >= 15 is 0 Å². The van der Waals surface area contributed by atoms with E-state index in [2.05, 4.69) is 10.3 Å². The second kappa shape index (κ2) is 9.04. The molecule has 3 aromatic rings. The number of amides is 1. The second-order valence-corrected chi connectivity index (χ2v) is 8.59. The number of nitrogens with one attached hydrogen (secondary N) is 1. The van der Waals surface area contributed by atoms with Gasteiger partial charge in [0.1, 0.15) is 21.5 Å². The number of aliphatic hydroxyl groups is 1. The number of nitrogens with zero attached hydrogens (tertiary/aromatic N) is 3. The van der Waals surface area contributed by atoms with E-state index in [4.69, 9.17) is 21.7 Å². The fourth-order valence-corrected chi connectivity index (χ4v) is 4.43. The van der Waals surface area contributed by atoms with Gasteiger partial charge in [-0.15, -0.1) is 0 Å². The lowest BCUT2D eigenvalue weighted by Crippen LogP contribution is -2.27. The topological polar surface area (TPSA) is 100 Å². The lowest BCUT2D eigenvalue weighted by Gasteiger charge is -2.13. The standard InChI is InChI=1S/C21H20N4O4S2/c1-13-5-2-8-24-18(13)23-17(22-7-4-9-26)15(19(24)27)11-16-20(28)25(21(30)31-16)12-14-6-3-10-29-14/h2-3,5-6,8,10-11,22,26H,4,7,9,12H2,1H3/b16-11-. The number of furan rings is 1. The Balaban J connectivity index is 1.75. The molecule has 31 heavy (non-hydrogen) atoms. The van der Waals surface area contributed by atoms with E-state index in [1.54, 1.807) is 24.4 Å². The number of aliphatic hydroxyl groups excluding tert-OH is 1. The summed E-state index contributed by atoms with van der Waals surface area (Å²) >= 11 is 6.51. The number of aromatic nitrogens is 2. The first-order valence-electron chi connectivity index (χ1n) is 9.64. The Kier molecular flexibility index (Phi) is 6.21. The second-order valence-electron chi connectivity index (χ2n) is 6.92. The molecule has 0 radical (unpaired) electrons. The van der Waals surface area contributed by atoms with Crippen LogP contribution in [0.15, 0.2) is 50.8 Å². The Bertz CT molecular complexity index is 1230. The highest BCUT2D eigenvalue weighted by molar-refractivity contribution is 8.26. The normalized spacial score (nSPS) is 15.4. The first kappa shape index (κ1) is 21.3. The van der Waals surface area contributed by atoms with Gasteiger partial charge in [-0.05, 0) is 43.2 Å². The van der Waals surface area contributed by atoms with E-state index in [0.29, 0.717) is 39.4 Å². The minimum absolute atomic E-state index is 0.0133. The number of pyridine rings is 1. The molecule has 0 unspecified atom stereocenters. The smallest absolute Gasteiger partial charge is 0.267 e. The number of fused-ring (bicyclic) bond motifs is 1. The lowest BCUT2D eigenvalue weighted by molar-refractivity contribution is -0.122. The molecule has 10 heteroatoms. The van der Waals surface area contributed by atoms with E-state index in [1.807, 2.05) is 13.0 Å². The number of hydrogen-bond acceptors (Lipinski definition) is 8. The molecule has 1 aliphatic heterocycles. The number of thiocarbonyl (C=S) groups is 1. The van der Waals surface area contributed by atoms with Crippen molar-refractivity contribution in [3.05, 3.63) is 68.9 Å². The van der Waals surface area contributed by atoms with E-state index in [1.165, 1.54) is 21.6 Å². The number of rotatable bonds is 7. The number of anilines is 1. The first-order valence-corrected chi connectivity index (χ1v) is 10.9. The van der Waals surface area contributed by atoms with Crippen molar-refractivity contribution in [1.82, 2.24) is 14.3 Å². The summed E-state index contributed by atoms with van der Waals surface area (Å²) in [5.41, 5.74) is 1.35. The maximum atomic E-state index is 13.3. The van der Waals surface area contributed by atoms with Gasteiger partial charge in [0.15, 0.2) is 0 Å². The van der Waals surface area contributed by atoms with Crippen molar-refractivity contribution in [2.45, 2.75) is 19.9 Å². The minimum Gasteiger partial charge on any atom is -0.467 e. The molecular formula is C21H20N4O4S2. The SMILES string of the molecule is Cc1cccn2c(=O)c(/C=C3\SC(=S)N(Cc4ccco4)C3=O)c(NCCCO)nc12. The predicted octanol–water partition coefficient (Wildman–Crippen LogP) is 2.79. The summed E-state index contributed by atoms with van der Waals surface area (Å²) in [6, 6.07) is 7.17. The van der Waals surface area contributed by atoms with Crippen LogP contribution in [0.3, 0.4) is 0 Å². The van der Waals surface area contributed by atoms with Gasteiger partial charge in [-0.3, -0.25) is 18.9 Å². The average Bonchev–Trinajstić information content (AvgIpc) is 3.35. The molecule has 2 N–H and O–H groups in total. The highest BCUT2D eigenvalue weighted by Gasteiger charge is 2.33. The van der Waals surface area contributed by atoms with Crippen LogP contribution in [0.5, 0.6) is 0 Å². The van der Waals surface area contributed by atoms with Gasteiger partial charge in [-0.2, -0.15) is 0 Å². The van der Waals surface area contributed by atoms with Crippen molar-refractivity contribution < 1.29 is 14.3 Å². The molecule has 1 amide bonds. The summed E-state index contributed by atoms with van der Waals surface area (Å²) in [6.07, 6.45) is 5.22. The maximum Gasteiger partial charge on any atom is 0.267 e. The Morgan fingerprint density at radius 3 is 2.90 bits per heavy atom. The molecule has 0 atom stereocenters. The molecule has 8 nitrogen and oxygen atoms in total. The van der Waals surface area contributed by atoms with Gasteiger partial charge < -0.3 is 14.8 Å². The van der Waals surface area contributed by atoms with Gasteiger partial charge >= 0.3 is 0 Å². The molecule has 1 saturated heterocycles. The fraction of sp³-hybridized carbons (Fsp3) is 0.238. The average molecular weight is 457 g/mol. The summed E-state index contributed by atoms with van der Waals surface area (Å²) in [5.74, 6) is 0.692. The molecule has 3 aromatic heterocycles. The van der Waals surface area contributed by atoms with E-state index in [9.17, 15) is 9.59 Å². The van der Waals surface area contributed by atoms with E-state index < -0.39 is 0 Å². The third-order valence-electron chi connectivity index (χ3n) is 4.75. The van der Waals surface area contributed by atoms with Gasteiger partial charge in [0, 0.05) is 19.3 Å². The van der Waals surface area contributed by atoms with Crippen LogP contribution in [0.4, 0.5) is 5.82 Å². The van der Waals surface area contributed by atoms with Gasteiger partial charge in [0.25, 0.3) is 11.5 Å². The maximum absolute atomic E-state index is 13.3. The van der Waals surface area contributed by atoms with Crippen LogP contribution in [0.25, 0.3) is 11.7 Å². The molecule has 0 bridgehead atoms. The molecule has 1 aliphatic rings. The Morgan fingerprint density at radius 2 is 2.16 bits per heavy atom. The highest BCUT2D eigenvalue weighted by Crippen LogP contribution is 2.34. The van der Waals surface area contributed by atoms with Crippen molar-refractivity contribution in [2.75, 3.05) is 18.5 Å². The van der Waals surface area contributed by atoms with Crippen LogP contribution in [0.1, 0.15) is 23.3 Å². The molecule has 4 heterocycles. The molecule has 0 spiro atoms. The zero-order valence-electron chi connectivity index (χ0n) is 16.7. The van der Waals surface area contributed by atoms with Crippen LogP contribution in [-0.2, 0) is 11.3 Å². The van der Waals surface area contributed by atoms with Gasteiger partial charge in [0.05, 0.1) is 23.3 Å². The summed E-state index contributed by atoms with van der Waals surface area (Å²) in [6.45, 7) is 2.55. The molecule has 0 saturated carbocycles. The van der Waals surface area contributed by atoms with Crippen LogP contribution in [-0.4, -0.2) is 42.8 Å². The number of hydrogen-bond donors (Lipinski definition) is 2. The molecule has 160 valence electrons. The zero-order valence-corrected chi connectivity index (χ0v) is 18.3. The number of carbonyl (C=O) groups is 1. The quantitative estimate of drug-likeness (QED) is 0.318. The molecular weight excluding hydrogens is 436 g/mol. The van der Waals surface area contributed by atoms with Crippen molar-refractivity contribution in [2.24, 2.45) is 0 Å². The van der Waals surface area contributed by atoms with Crippen LogP contribution < -0.4 is 10.9 Å². The van der Waals surface area contributed by atoms with Crippen LogP contribution in [0.2, 0.25) is 0 Å². The summed E-state index contributed by atoms with van der Waals surface area (Å²) in [5, 5.41) is 12.2. The third-order valence-corrected chi connectivity index (χ3v) is 6.13. The fourth-order valence-electron chi connectivity index (χ4n) is 3.19. The Labute approximate surface area is 187 Å². The minimum atomic E-state index is -0.295. The number of carbonyl (C=O) groups excluding carboxylic acids is 1. The zero-order chi connectivity index (χ0) is 22.0. The number of aryl methyl sites for hydroxylation is 1. The van der Waals surface area contributed by atoms with E-state index in [0.717, 1.165) is 17.3 Å². The van der Waals surface area contributed by atoms with Crippen LogP contribution in [0, 0.1) is 6.92 Å². The first-order chi connectivity index (χ1) is 15.0. The predicted molar refractivity (Wildman–Crippen MR) is 124 cm³/mol. The molecule has 1 fully saturated rings. The summed E-state index contributed by atoms with van der Waals surface area (Å²) in [7, 11) is 0. The Hall–Kier alpha value is -2.95. The Morgan fingerprint density at radius 1 is 1.32 bits per heavy atom. The van der Waals surface area contributed by atoms with Crippen molar-refractivity contribution in [3.8, 4) is 0 Å². The summed E-state index contributed by atoms with van der Waals surface area (Å²) in [4.78, 5) is 32.6. The van der Waals surface area contributed by atoms with Crippen molar-refractivity contribution in [3.63, 3.8) is 0 Å². The lowest BCUT2D eigenvalue weighted by atomic mass is 10.2. The van der Waals surface area contributed by atoms with Gasteiger partial charge in [-0.25, -0.2) is 4.98 Å². The van der Waals surface area contributed by atoms with E-state index in [-0.39, 0.29) is 30.2 Å². The summed E-state index contributed by atoms with van der Waals surface area (Å²) < 4.78 is 7.18. The molecule has 0 aliphatic carbocycles. The third kappa shape index (κ3) is 4.27. The van der Waals surface area contributed by atoms with Crippen LogP contribution >= 0.6 is 24.0 Å².